The van der Waals surface area contributed by atoms with Crippen molar-refractivity contribution in [1.29, 1.82) is 0 Å². The zero-order valence-corrected chi connectivity index (χ0v) is 11.8. The number of nitrogens with zero attached hydrogens (tertiary/aromatic N) is 2. The SMILES string of the molecule is Cc1ccc(CCc2nc3cc(O)ccc3n2C)cc1. The molecule has 20 heavy (non-hydrogen) atoms. The number of aromatic nitrogens is 2. The molecule has 1 N–H and O–H groups in total. The molecule has 0 radical (unpaired) electrons. The summed E-state index contributed by atoms with van der Waals surface area (Å²) in [5.41, 5.74) is 4.52. The standard InChI is InChI=1S/C17H18N2O/c1-12-3-5-13(6-4-12)7-10-17-18-15-11-14(20)8-9-16(15)19(17)2/h3-6,8-9,11,20H,7,10H2,1-2H3. The smallest absolute Gasteiger partial charge is 0.117 e. The van der Waals surface area contributed by atoms with Gasteiger partial charge in [0.25, 0.3) is 0 Å². The third kappa shape index (κ3) is 2.39. The number of hydrogen-bond donors (Lipinski definition) is 1. The Morgan fingerprint density at radius 3 is 2.55 bits per heavy atom. The molecule has 0 fully saturated rings. The molecule has 1 heterocycles. The van der Waals surface area contributed by atoms with Gasteiger partial charge in [0.1, 0.15) is 11.6 Å². The molecule has 102 valence electrons. The van der Waals surface area contributed by atoms with Crippen molar-refractivity contribution in [3.63, 3.8) is 0 Å². The van der Waals surface area contributed by atoms with Crippen molar-refractivity contribution < 1.29 is 5.11 Å². The highest BCUT2D eigenvalue weighted by Crippen LogP contribution is 2.20. The molecule has 3 nitrogen and oxygen atoms in total. The van der Waals surface area contributed by atoms with Crippen molar-refractivity contribution >= 4 is 11.0 Å². The topological polar surface area (TPSA) is 38.1 Å². The van der Waals surface area contributed by atoms with E-state index >= 15 is 0 Å². The van der Waals surface area contributed by atoms with E-state index < -0.39 is 0 Å². The Morgan fingerprint density at radius 2 is 1.80 bits per heavy atom. The first-order chi connectivity index (χ1) is 9.63. The first-order valence-electron chi connectivity index (χ1n) is 6.83. The lowest BCUT2D eigenvalue weighted by molar-refractivity contribution is 0.476. The third-order valence-corrected chi connectivity index (χ3v) is 3.71. The van der Waals surface area contributed by atoms with Crippen LogP contribution in [-0.2, 0) is 19.9 Å². The van der Waals surface area contributed by atoms with Crippen molar-refractivity contribution in [3.05, 3.63) is 59.4 Å². The molecule has 0 aliphatic carbocycles. The van der Waals surface area contributed by atoms with Gasteiger partial charge in [-0.1, -0.05) is 29.8 Å². The minimum Gasteiger partial charge on any atom is -0.508 e. The maximum absolute atomic E-state index is 9.52. The number of hydrogen-bond acceptors (Lipinski definition) is 2. The summed E-state index contributed by atoms with van der Waals surface area (Å²) in [6, 6.07) is 13.9. The Hall–Kier alpha value is -2.29. The normalized spacial score (nSPS) is 11.1. The second-order valence-corrected chi connectivity index (χ2v) is 5.25. The minimum atomic E-state index is 0.265. The molecule has 1 aromatic heterocycles. The number of phenols is 1. The molecule has 3 heteroatoms. The summed E-state index contributed by atoms with van der Waals surface area (Å²) in [4.78, 5) is 4.61. The van der Waals surface area contributed by atoms with Crippen molar-refractivity contribution in [2.75, 3.05) is 0 Å². The van der Waals surface area contributed by atoms with Crippen LogP contribution in [0.3, 0.4) is 0 Å². The highest BCUT2D eigenvalue weighted by molar-refractivity contribution is 5.77. The monoisotopic (exact) mass is 266 g/mol. The van der Waals surface area contributed by atoms with Crippen molar-refractivity contribution in [2.45, 2.75) is 19.8 Å². The number of fused-ring (bicyclic) bond motifs is 1. The summed E-state index contributed by atoms with van der Waals surface area (Å²) < 4.78 is 2.10. The summed E-state index contributed by atoms with van der Waals surface area (Å²) in [7, 11) is 2.02. The second-order valence-electron chi connectivity index (χ2n) is 5.25. The Labute approximate surface area is 118 Å². The van der Waals surface area contributed by atoms with E-state index in [1.165, 1.54) is 11.1 Å². The fraction of sp³-hybridized carbons (Fsp3) is 0.235. The van der Waals surface area contributed by atoms with Gasteiger partial charge in [0.2, 0.25) is 0 Å². The Bertz CT molecular complexity index is 742. The summed E-state index contributed by atoms with van der Waals surface area (Å²) in [5.74, 6) is 1.31. The molecule has 0 saturated heterocycles. The van der Waals surface area contributed by atoms with E-state index in [9.17, 15) is 5.11 Å². The molecule has 0 aliphatic rings. The lowest BCUT2D eigenvalue weighted by Crippen LogP contribution is -2.00. The largest absolute Gasteiger partial charge is 0.508 e. The van der Waals surface area contributed by atoms with Crippen LogP contribution >= 0.6 is 0 Å². The average Bonchev–Trinajstić information content (AvgIpc) is 2.74. The van der Waals surface area contributed by atoms with Gasteiger partial charge < -0.3 is 9.67 Å². The molecule has 0 aliphatic heterocycles. The zero-order valence-electron chi connectivity index (χ0n) is 11.8. The second kappa shape index (κ2) is 5.00. The van der Waals surface area contributed by atoms with Crippen LogP contribution in [0.4, 0.5) is 0 Å². The average molecular weight is 266 g/mol. The van der Waals surface area contributed by atoms with E-state index in [0.717, 1.165) is 29.7 Å². The number of aromatic hydroxyl groups is 1. The van der Waals surface area contributed by atoms with Gasteiger partial charge in [-0.3, -0.25) is 0 Å². The first kappa shape index (κ1) is 12.7. The van der Waals surface area contributed by atoms with Gasteiger partial charge in [-0.25, -0.2) is 4.98 Å². The summed E-state index contributed by atoms with van der Waals surface area (Å²) in [6.07, 6.45) is 1.87. The van der Waals surface area contributed by atoms with Crippen molar-refractivity contribution in [1.82, 2.24) is 9.55 Å². The van der Waals surface area contributed by atoms with E-state index in [2.05, 4.69) is 40.7 Å². The molecular formula is C17H18N2O. The van der Waals surface area contributed by atoms with Gasteiger partial charge in [-0.05, 0) is 31.0 Å². The number of imidazole rings is 1. The van der Waals surface area contributed by atoms with Crippen molar-refractivity contribution in [3.8, 4) is 5.75 Å². The molecule has 0 saturated carbocycles. The van der Waals surface area contributed by atoms with Crippen LogP contribution in [0, 0.1) is 6.92 Å². The van der Waals surface area contributed by atoms with Crippen LogP contribution < -0.4 is 0 Å². The van der Waals surface area contributed by atoms with Crippen LogP contribution in [0.2, 0.25) is 0 Å². The van der Waals surface area contributed by atoms with Gasteiger partial charge in [-0.2, -0.15) is 0 Å². The van der Waals surface area contributed by atoms with Crippen LogP contribution in [-0.4, -0.2) is 14.7 Å². The zero-order chi connectivity index (χ0) is 14.1. The predicted octanol–water partition coefficient (Wildman–Crippen LogP) is 3.37. The first-order valence-corrected chi connectivity index (χ1v) is 6.83. The van der Waals surface area contributed by atoms with E-state index in [0.29, 0.717) is 0 Å². The van der Waals surface area contributed by atoms with Gasteiger partial charge in [0.05, 0.1) is 11.0 Å². The highest BCUT2D eigenvalue weighted by Gasteiger charge is 2.08. The fourth-order valence-electron chi connectivity index (χ4n) is 2.47. The fourth-order valence-corrected chi connectivity index (χ4v) is 2.47. The lowest BCUT2D eigenvalue weighted by atomic mass is 10.1. The van der Waals surface area contributed by atoms with Crippen LogP contribution in [0.25, 0.3) is 11.0 Å². The number of phenolic OH excluding ortho intramolecular Hbond substituents is 1. The van der Waals surface area contributed by atoms with Crippen LogP contribution in [0.5, 0.6) is 5.75 Å². The third-order valence-electron chi connectivity index (χ3n) is 3.71. The number of rotatable bonds is 3. The van der Waals surface area contributed by atoms with E-state index in [-0.39, 0.29) is 5.75 Å². The molecule has 0 spiro atoms. The van der Waals surface area contributed by atoms with Gasteiger partial charge in [0, 0.05) is 19.5 Å². The van der Waals surface area contributed by atoms with Gasteiger partial charge >= 0.3 is 0 Å². The van der Waals surface area contributed by atoms with Crippen molar-refractivity contribution in [2.24, 2.45) is 7.05 Å². The molecule has 3 aromatic rings. The number of aryl methyl sites for hydroxylation is 4. The van der Waals surface area contributed by atoms with Gasteiger partial charge in [0.15, 0.2) is 0 Å². The van der Waals surface area contributed by atoms with E-state index in [1.54, 1.807) is 12.1 Å². The quantitative estimate of drug-likeness (QED) is 0.789. The van der Waals surface area contributed by atoms with Gasteiger partial charge in [-0.15, -0.1) is 0 Å². The molecule has 2 aromatic carbocycles. The molecule has 0 atom stereocenters. The highest BCUT2D eigenvalue weighted by atomic mass is 16.3. The summed E-state index contributed by atoms with van der Waals surface area (Å²) >= 11 is 0. The lowest BCUT2D eigenvalue weighted by Gasteiger charge is -2.03. The molecule has 0 unspecified atom stereocenters. The maximum Gasteiger partial charge on any atom is 0.117 e. The predicted molar refractivity (Wildman–Crippen MR) is 81.0 cm³/mol. The minimum absolute atomic E-state index is 0.265. The summed E-state index contributed by atoms with van der Waals surface area (Å²) in [5, 5.41) is 9.52. The Kier molecular flexibility index (Phi) is 3.18. The number of benzene rings is 2. The van der Waals surface area contributed by atoms with E-state index in [4.69, 9.17) is 0 Å². The molecular weight excluding hydrogens is 248 g/mol. The molecule has 0 bridgehead atoms. The Balaban J connectivity index is 1.84. The Morgan fingerprint density at radius 1 is 1.05 bits per heavy atom. The summed E-state index contributed by atoms with van der Waals surface area (Å²) in [6.45, 7) is 2.10. The van der Waals surface area contributed by atoms with E-state index in [1.807, 2.05) is 13.1 Å². The molecule has 3 rings (SSSR count). The molecule has 0 amide bonds. The maximum atomic E-state index is 9.52. The van der Waals surface area contributed by atoms with Crippen LogP contribution in [0.1, 0.15) is 17.0 Å². The van der Waals surface area contributed by atoms with Crippen LogP contribution in [0.15, 0.2) is 42.5 Å².